The van der Waals surface area contributed by atoms with Gasteiger partial charge in [0.25, 0.3) is 0 Å². The highest BCUT2D eigenvalue weighted by molar-refractivity contribution is 9.10. The molecule has 3 nitrogen and oxygen atoms in total. The Morgan fingerprint density at radius 3 is 2.63 bits per heavy atom. The summed E-state index contributed by atoms with van der Waals surface area (Å²) in [5, 5.41) is 13.7. The van der Waals surface area contributed by atoms with Crippen molar-refractivity contribution >= 4 is 15.9 Å². The van der Waals surface area contributed by atoms with Crippen molar-refractivity contribution in [1.29, 1.82) is 0 Å². The van der Waals surface area contributed by atoms with Gasteiger partial charge in [-0.2, -0.15) is 0 Å². The fraction of sp³-hybridized carbons (Fsp3) is 0.600. The van der Waals surface area contributed by atoms with Crippen molar-refractivity contribution in [3.8, 4) is 5.75 Å². The number of phenols is 1. The average molecular weight is 327 g/mol. The van der Waals surface area contributed by atoms with Crippen molar-refractivity contribution < 1.29 is 5.11 Å². The van der Waals surface area contributed by atoms with Gasteiger partial charge >= 0.3 is 0 Å². The molecule has 1 aromatic carbocycles. The van der Waals surface area contributed by atoms with Gasteiger partial charge in [0.05, 0.1) is 0 Å². The maximum absolute atomic E-state index is 10.3. The van der Waals surface area contributed by atoms with Gasteiger partial charge in [-0.05, 0) is 18.1 Å². The molecule has 1 saturated heterocycles. The fourth-order valence-electron chi connectivity index (χ4n) is 2.81. The molecule has 2 atom stereocenters. The molecular formula is C15H23BrN2O. The number of rotatable bonds is 4. The van der Waals surface area contributed by atoms with E-state index < -0.39 is 0 Å². The van der Waals surface area contributed by atoms with Crippen LogP contribution < -0.4 is 5.32 Å². The first kappa shape index (κ1) is 14.8. The van der Waals surface area contributed by atoms with Crippen LogP contribution in [-0.4, -0.2) is 36.2 Å². The molecule has 2 N–H and O–H groups in total. The summed E-state index contributed by atoms with van der Waals surface area (Å²) in [6, 6.07) is 6.18. The molecular weight excluding hydrogens is 304 g/mol. The maximum Gasteiger partial charge on any atom is 0.121 e. The number of piperazine rings is 1. The maximum atomic E-state index is 10.3. The van der Waals surface area contributed by atoms with E-state index in [0.29, 0.717) is 17.7 Å². The van der Waals surface area contributed by atoms with Gasteiger partial charge < -0.3 is 10.4 Å². The first-order valence-corrected chi connectivity index (χ1v) is 7.86. The summed E-state index contributed by atoms with van der Waals surface area (Å²) in [7, 11) is 0. The number of nitrogens with one attached hydrogen (secondary N) is 1. The van der Waals surface area contributed by atoms with E-state index >= 15 is 0 Å². The highest BCUT2D eigenvalue weighted by atomic mass is 79.9. The van der Waals surface area contributed by atoms with Gasteiger partial charge in [-0.25, -0.2) is 0 Å². The smallest absolute Gasteiger partial charge is 0.121 e. The second kappa shape index (κ2) is 6.73. The molecule has 1 aliphatic heterocycles. The Morgan fingerprint density at radius 2 is 2.05 bits per heavy atom. The van der Waals surface area contributed by atoms with Gasteiger partial charge in [0, 0.05) is 42.3 Å². The second-order valence-electron chi connectivity index (χ2n) is 5.32. The Labute approximate surface area is 124 Å². The van der Waals surface area contributed by atoms with Crippen LogP contribution in [0.5, 0.6) is 5.75 Å². The monoisotopic (exact) mass is 326 g/mol. The summed E-state index contributed by atoms with van der Waals surface area (Å²) in [5.41, 5.74) is 1.06. The quantitative estimate of drug-likeness (QED) is 0.892. The highest BCUT2D eigenvalue weighted by Gasteiger charge is 2.28. The van der Waals surface area contributed by atoms with Crippen LogP contribution in [0.15, 0.2) is 22.7 Å². The van der Waals surface area contributed by atoms with Crippen molar-refractivity contribution in [2.75, 3.05) is 26.2 Å². The van der Waals surface area contributed by atoms with E-state index in [4.69, 9.17) is 0 Å². The summed E-state index contributed by atoms with van der Waals surface area (Å²) in [4.78, 5) is 2.49. The third kappa shape index (κ3) is 3.50. The molecule has 0 amide bonds. The van der Waals surface area contributed by atoms with Crippen LogP contribution in [0.25, 0.3) is 0 Å². The lowest BCUT2D eigenvalue weighted by Gasteiger charge is -2.38. The largest absolute Gasteiger partial charge is 0.508 e. The summed E-state index contributed by atoms with van der Waals surface area (Å²) in [6.45, 7) is 8.65. The van der Waals surface area contributed by atoms with Gasteiger partial charge in [0.2, 0.25) is 0 Å². The second-order valence-corrected chi connectivity index (χ2v) is 6.24. The van der Waals surface area contributed by atoms with Crippen molar-refractivity contribution in [3.05, 3.63) is 28.2 Å². The van der Waals surface area contributed by atoms with E-state index in [2.05, 4.69) is 46.1 Å². The van der Waals surface area contributed by atoms with Crippen LogP contribution in [0.2, 0.25) is 0 Å². The molecule has 1 heterocycles. The van der Waals surface area contributed by atoms with Crippen molar-refractivity contribution in [3.63, 3.8) is 0 Å². The van der Waals surface area contributed by atoms with Crippen molar-refractivity contribution in [2.24, 2.45) is 5.92 Å². The van der Waals surface area contributed by atoms with E-state index in [-0.39, 0.29) is 0 Å². The Bertz CT molecular complexity index is 419. The number of benzene rings is 1. The van der Waals surface area contributed by atoms with E-state index in [9.17, 15) is 5.11 Å². The summed E-state index contributed by atoms with van der Waals surface area (Å²) >= 11 is 3.41. The predicted molar refractivity (Wildman–Crippen MR) is 82.4 cm³/mol. The molecule has 0 aliphatic carbocycles. The number of nitrogens with zero attached hydrogens (tertiary/aromatic N) is 1. The lowest BCUT2D eigenvalue weighted by atomic mass is 9.90. The van der Waals surface area contributed by atoms with Gasteiger partial charge in [0.1, 0.15) is 5.75 Å². The Balaban J connectivity index is 2.30. The zero-order valence-electron chi connectivity index (χ0n) is 11.7. The minimum atomic E-state index is 0.306. The first-order valence-electron chi connectivity index (χ1n) is 7.06. The topological polar surface area (TPSA) is 35.5 Å². The lowest BCUT2D eigenvalue weighted by molar-refractivity contribution is 0.126. The number of aromatic hydroxyl groups is 1. The summed E-state index contributed by atoms with van der Waals surface area (Å²) in [5.74, 6) is 0.934. The minimum Gasteiger partial charge on any atom is -0.508 e. The van der Waals surface area contributed by atoms with E-state index in [1.807, 2.05) is 6.07 Å². The van der Waals surface area contributed by atoms with Gasteiger partial charge in [-0.15, -0.1) is 0 Å². The van der Waals surface area contributed by atoms with Crippen LogP contribution in [-0.2, 0) is 0 Å². The van der Waals surface area contributed by atoms with E-state index in [1.54, 1.807) is 6.07 Å². The van der Waals surface area contributed by atoms with Crippen molar-refractivity contribution in [2.45, 2.75) is 26.3 Å². The number of phenolic OH excluding ortho intramolecular Hbond substituents is 1. The molecule has 1 fully saturated rings. The molecule has 0 radical (unpaired) electrons. The molecule has 1 unspecified atom stereocenters. The summed E-state index contributed by atoms with van der Waals surface area (Å²) in [6.07, 6.45) is 1.12. The average Bonchev–Trinajstić information content (AvgIpc) is 2.42. The van der Waals surface area contributed by atoms with E-state index in [0.717, 1.165) is 42.6 Å². The molecule has 1 aliphatic rings. The lowest BCUT2D eigenvalue weighted by Crippen LogP contribution is -2.46. The SMILES string of the molecule is CCC(C)[C@H](c1ccc(Br)cc1O)N1CCNCC1. The molecule has 19 heavy (non-hydrogen) atoms. The Hall–Kier alpha value is -0.580. The van der Waals surface area contributed by atoms with Crippen LogP contribution in [0.3, 0.4) is 0 Å². The number of halogens is 1. The zero-order valence-corrected chi connectivity index (χ0v) is 13.3. The Kier molecular flexibility index (Phi) is 5.25. The highest BCUT2D eigenvalue weighted by Crippen LogP contribution is 2.37. The molecule has 2 rings (SSSR count). The molecule has 1 aromatic rings. The standard InChI is InChI=1S/C15H23BrN2O/c1-3-11(2)15(18-8-6-17-7-9-18)13-5-4-12(16)10-14(13)19/h4-5,10-11,15,17,19H,3,6-9H2,1-2H3/t11?,15-/m1/s1. The molecule has 4 heteroatoms. The minimum absolute atomic E-state index is 0.306. The van der Waals surface area contributed by atoms with Gasteiger partial charge in [-0.3, -0.25) is 4.90 Å². The number of hydrogen-bond donors (Lipinski definition) is 2. The number of hydrogen-bond acceptors (Lipinski definition) is 3. The normalized spacial score (nSPS) is 20.2. The van der Waals surface area contributed by atoms with Crippen LogP contribution in [0.4, 0.5) is 0 Å². The third-order valence-electron chi connectivity index (χ3n) is 4.04. The van der Waals surface area contributed by atoms with E-state index in [1.165, 1.54) is 0 Å². The predicted octanol–water partition coefficient (Wildman–Crippen LogP) is 3.15. The Morgan fingerprint density at radius 1 is 1.37 bits per heavy atom. The van der Waals surface area contributed by atoms with Crippen LogP contribution >= 0.6 is 15.9 Å². The van der Waals surface area contributed by atoms with Gasteiger partial charge in [-0.1, -0.05) is 42.3 Å². The molecule has 106 valence electrons. The first-order chi connectivity index (χ1) is 9.13. The van der Waals surface area contributed by atoms with Gasteiger partial charge in [0.15, 0.2) is 0 Å². The van der Waals surface area contributed by atoms with Crippen molar-refractivity contribution in [1.82, 2.24) is 10.2 Å². The fourth-order valence-corrected chi connectivity index (χ4v) is 3.16. The molecule has 0 bridgehead atoms. The zero-order chi connectivity index (χ0) is 13.8. The van der Waals surface area contributed by atoms with Crippen LogP contribution in [0.1, 0.15) is 31.9 Å². The molecule has 0 spiro atoms. The summed E-state index contributed by atoms with van der Waals surface area (Å²) < 4.78 is 0.928. The van der Waals surface area contributed by atoms with Crippen LogP contribution in [0, 0.1) is 5.92 Å². The molecule has 0 aromatic heterocycles. The third-order valence-corrected chi connectivity index (χ3v) is 4.53. The molecule has 0 saturated carbocycles.